The molecule has 1 aliphatic rings. The van der Waals surface area contributed by atoms with Crippen molar-refractivity contribution in [1.29, 1.82) is 0 Å². The molecule has 0 amide bonds. The monoisotopic (exact) mass is 304 g/mol. The fraction of sp³-hybridized carbons (Fsp3) is 0.133. The molecule has 7 nitrogen and oxygen atoms in total. The molecule has 2 aromatic rings. The average Bonchev–Trinajstić information content (AvgIpc) is 2.44. The van der Waals surface area contributed by atoms with E-state index in [-0.39, 0.29) is 28.4 Å². The number of rotatable bonds is 1. The molecule has 5 N–H and O–H groups in total. The van der Waals surface area contributed by atoms with E-state index in [0.29, 0.717) is 0 Å². The molecule has 0 saturated heterocycles. The molecule has 0 bridgehead atoms. The summed E-state index contributed by atoms with van der Waals surface area (Å²) in [7, 11) is 0. The Morgan fingerprint density at radius 3 is 2.27 bits per heavy atom. The first-order chi connectivity index (χ1) is 10.3. The van der Waals surface area contributed by atoms with E-state index in [9.17, 15) is 30.3 Å². The van der Waals surface area contributed by atoms with Gasteiger partial charge in [0.15, 0.2) is 6.10 Å². The highest BCUT2D eigenvalue weighted by molar-refractivity contribution is 6.05. The minimum absolute atomic E-state index is 0.0274. The van der Waals surface area contributed by atoms with Gasteiger partial charge in [0.2, 0.25) is 5.78 Å². The van der Waals surface area contributed by atoms with Crippen molar-refractivity contribution in [3.63, 3.8) is 0 Å². The Hall–Kier alpha value is -2.77. The van der Waals surface area contributed by atoms with Gasteiger partial charge in [-0.25, -0.2) is 0 Å². The van der Waals surface area contributed by atoms with Crippen molar-refractivity contribution in [2.75, 3.05) is 0 Å². The quantitative estimate of drug-likeness (QED) is 0.521. The van der Waals surface area contributed by atoms with Crippen LogP contribution in [-0.2, 0) is 5.79 Å². The van der Waals surface area contributed by atoms with Crippen molar-refractivity contribution >= 4 is 5.78 Å². The number of phenols is 3. The third-order valence-electron chi connectivity index (χ3n) is 3.48. The fourth-order valence-corrected chi connectivity index (χ4v) is 2.37. The van der Waals surface area contributed by atoms with Gasteiger partial charge in [-0.3, -0.25) is 4.79 Å². The highest BCUT2D eigenvalue weighted by Crippen LogP contribution is 2.43. The predicted octanol–water partition coefficient (Wildman–Crippen LogP) is 0.585. The molecule has 2 atom stereocenters. The standard InChI is InChI=1S/C15H12O7/c16-8-3-1-7(2-4-8)15(21)14(20)13(19)12-10(18)5-9(17)6-11(12)22-15/h1-6,14,16-18,20-21H/t14-,15-/m1/s1. The predicted molar refractivity (Wildman–Crippen MR) is 72.7 cm³/mol. The van der Waals surface area contributed by atoms with Gasteiger partial charge in [-0.2, -0.15) is 0 Å². The summed E-state index contributed by atoms with van der Waals surface area (Å²) in [4.78, 5) is 12.2. The molecule has 22 heavy (non-hydrogen) atoms. The van der Waals surface area contributed by atoms with Crippen LogP contribution in [0.1, 0.15) is 15.9 Å². The molecule has 2 aromatic carbocycles. The second-order valence-electron chi connectivity index (χ2n) is 4.95. The van der Waals surface area contributed by atoms with E-state index in [1.165, 1.54) is 24.3 Å². The molecule has 114 valence electrons. The molecule has 0 spiro atoms. The number of Topliss-reactive ketones (excluding diaryl/α,β-unsaturated/α-hetero) is 1. The van der Waals surface area contributed by atoms with E-state index in [1.807, 2.05) is 0 Å². The van der Waals surface area contributed by atoms with Crippen LogP contribution < -0.4 is 4.74 Å². The second kappa shape index (κ2) is 4.62. The minimum atomic E-state index is -2.40. The number of carbonyl (C=O) groups excluding carboxylic acids is 1. The number of fused-ring (bicyclic) bond motifs is 1. The van der Waals surface area contributed by atoms with Gasteiger partial charge in [0, 0.05) is 17.7 Å². The molecular weight excluding hydrogens is 292 g/mol. The lowest BCUT2D eigenvalue weighted by molar-refractivity contribution is -0.203. The van der Waals surface area contributed by atoms with Gasteiger partial charge >= 0.3 is 0 Å². The van der Waals surface area contributed by atoms with Crippen molar-refractivity contribution in [2.45, 2.75) is 11.9 Å². The zero-order chi connectivity index (χ0) is 16.1. The Balaban J connectivity index is 2.16. The number of ether oxygens (including phenoxy) is 1. The van der Waals surface area contributed by atoms with Crippen LogP contribution in [-0.4, -0.2) is 37.4 Å². The number of carbonyl (C=O) groups is 1. The summed E-state index contributed by atoms with van der Waals surface area (Å²) in [6.45, 7) is 0. The lowest BCUT2D eigenvalue weighted by Gasteiger charge is -2.37. The highest BCUT2D eigenvalue weighted by Gasteiger charge is 2.50. The Morgan fingerprint density at radius 1 is 1.00 bits per heavy atom. The molecule has 0 aromatic heterocycles. The fourth-order valence-electron chi connectivity index (χ4n) is 2.37. The van der Waals surface area contributed by atoms with E-state index in [2.05, 4.69) is 0 Å². The van der Waals surface area contributed by atoms with Crippen LogP contribution >= 0.6 is 0 Å². The lowest BCUT2D eigenvalue weighted by Crippen LogP contribution is -2.52. The van der Waals surface area contributed by atoms with Crippen molar-refractivity contribution in [1.82, 2.24) is 0 Å². The van der Waals surface area contributed by atoms with Crippen molar-refractivity contribution in [3.05, 3.63) is 47.5 Å². The van der Waals surface area contributed by atoms with Gasteiger partial charge < -0.3 is 30.3 Å². The largest absolute Gasteiger partial charge is 0.508 e. The normalized spacial score (nSPS) is 23.7. The number of aliphatic hydroxyl groups is 2. The average molecular weight is 304 g/mol. The molecule has 0 fully saturated rings. The first kappa shape index (κ1) is 14.2. The minimum Gasteiger partial charge on any atom is -0.508 e. The highest BCUT2D eigenvalue weighted by atomic mass is 16.6. The summed E-state index contributed by atoms with van der Waals surface area (Å²) in [6, 6.07) is 7.04. The summed E-state index contributed by atoms with van der Waals surface area (Å²) in [5.74, 6) is -4.62. The maximum Gasteiger partial charge on any atom is 0.268 e. The van der Waals surface area contributed by atoms with Gasteiger partial charge in [0.05, 0.1) is 0 Å². The molecule has 0 saturated carbocycles. The van der Waals surface area contributed by atoms with Crippen LogP contribution in [0.15, 0.2) is 36.4 Å². The SMILES string of the molecule is O=C1c2c(O)cc(O)cc2O[C@](O)(c2ccc(O)cc2)[C@@H]1O. The summed E-state index contributed by atoms with van der Waals surface area (Å²) in [5.41, 5.74) is -0.298. The zero-order valence-electron chi connectivity index (χ0n) is 11.1. The Kier molecular flexibility index (Phi) is 2.98. The number of aromatic hydroxyl groups is 3. The zero-order valence-corrected chi connectivity index (χ0v) is 11.1. The van der Waals surface area contributed by atoms with Crippen LogP contribution in [0.4, 0.5) is 0 Å². The number of benzene rings is 2. The molecule has 1 aliphatic heterocycles. The van der Waals surface area contributed by atoms with Gasteiger partial charge in [0.1, 0.15) is 28.6 Å². The van der Waals surface area contributed by atoms with E-state index in [1.54, 1.807) is 0 Å². The molecule has 1 heterocycles. The Bertz CT molecular complexity index is 753. The van der Waals surface area contributed by atoms with Gasteiger partial charge in [-0.05, 0) is 24.3 Å². The van der Waals surface area contributed by atoms with E-state index in [4.69, 9.17) is 4.74 Å². The number of ketones is 1. The number of hydrogen-bond donors (Lipinski definition) is 5. The van der Waals surface area contributed by atoms with Crippen LogP contribution in [0.3, 0.4) is 0 Å². The van der Waals surface area contributed by atoms with Crippen molar-refractivity contribution in [3.8, 4) is 23.0 Å². The summed E-state index contributed by atoms with van der Waals surface area (Å²) in [5, 5.41) is 49.1. The van der Waals surface area contributed by atoms with Crippen LogP contribution in [0.25, 0.3) is 0 Å². The van der Waals surface area contributed by atoms with Gasteiger partial charge in [-0.1, -0.05) is 0 Å². The molecule has 0 aliphatic carbocycles. The van der Waals surface area contributed by atoms with E-state index in [0.717, 1.165) is 12.1 Å². The first-order valence-corrected chi connectivity index (χ1v) is 6.32. The number of phenolic OH excluding ortho intramolecular Hbond substituents is 3. The third-order valence-corrected chi connectivity index (χ3v) is 3.48. The van der Waals surface area contributed by atoms with Gasteiger partial charge in [0.25, 0.3) is 5.79 Å². The maximum atomic E-state index is 12.2. The lowest BCUT2D eigenvalue weighted by atomic mass is 9.90. The van der Waals surface area contributed by atoms with E-state index >= 15 is 0 Å². The molecule has 3 rings (SSSR count). The first-order valence-electron chi connectivity index (χ1n) is 6.32. The second-order valence-corrected chi connectivity index (χ2v) is 4.95. The van der Waals surface area contributed by atoms with Crippen LogP contribution in [0.2, 0.25) is 0 Å². The summed E-state index contributed by atoms with van der Waals surface area (Å²) < 4.78 is 5.27. The molecule has 0 radical (unpaired) electrons. The van der Waals surface area contributed by atoms with Crippen LogP contribution in [0.5, 0.6) is 23.0 Å². The van der Waals surface area contributed by atoms with Crippen molar-refractivity contribution in [2.24, 2.45) is 0 Å². The molecular formula is C15H12O7. The smallest absolute Gasteiger partial charge is 0.268 e. The summed E-state index contributed by atoms with van der Waals surface area (Å²) >= 11 is 0. The van der Waals surface area contributed by atoms with Crippen molar-refractivity contribution < 1.29 is 35.1 Å². The third kappa shape index (κ3) is 1.95. The number of aliphatic hydroxyl groups excluding tert-OH is 1. The summed E-state index contributed by atoms with van der Waals surface area (Å²) in [6.07, 6.45) is -1.99. The maximum absolute atomic E-state index is 12.2. The number of hydrogen-bond acceptors (Lipinski definition) is 7. The topological polar surface area (TPSA) is 127 Å². The van der Waals surface area contributed by atoms with Gasteiger partial charge in [-0.15, -0.1) is 0 Å². The van der Waals surface area contributed by atoms with Crippen LogP contribution in [0, 0.1) is 0 Å². The van der Waals surface area contributed by atoms with E-state index < -0.39 is 23.4 Å². The Morgan fingerprint density at radius 2 is 1.64 bits per heavy atom. The molecule has 7 heteroatoms. The Labute approximate surface area is 124 Å². The molecule has 0 unspecified atom stereocenters.